The Morgan fingerprint density at radius 1 is 1.19 bits per heavy atom. The highest BCUT2D eigenvalue weighted by Crippen LogP contribution is 2.56. The van der Waals surface area contributed by atoms with Gasteiger partial charge in [0.2, 0.25) is 0 Å². The highest BCUT2D eigenvalue weighted by Gasteiger charge is 2.59. The molecule has 5 nitrogen and oxygen atoms in total. The van der Waals surface area contributed by atoms with Crippen LogP contribution in [0.5, 0.6) is 0 Å². The van der Waals surface area contributed by atoms with Crippen LogP contribution in [0.3, 0.4) is 0 Å². The first-order valence-corrected chi connectivity index (χ1v) is 12.3. The van der Waals surface area contributed by atoms with Crippen molar-refractivity contribution in [2.45, 2.75) is 58.2 Å². The number of hydrogen-bond donors (Lipinski definition) is 1. The Hall–Kier alpha value is -1.98. The molecule has 6 atom stereocenters. The van der Waals surface area contributed by atoms with E-state index in [4.69, 9.17) is 4.74 Å². The molecule has 1 aromatic carbocycles. The van der Waals surface area contributed by atoms with E-state index in [1.807, 2.05) is 30.3 Å². The Kier molecular flexibility index (Phi) is 5.75. The summed E-state index contributed by atoms with van der Waals surface area (Å²) in [6.07, 6.45) is 6.02. The molecule has 0 bridgehead atoms. The van der Waals surface area contributed by atoms with Crippen LogP contribution in [0.15, 0.2) is 42.0 Å². The summed E-state index contributed by atoms with van der Waals surface area (Å²) in [7, 11) is 0. The topological polar surface area (TPSA) is 66.8 Å². The van der Waals surface area contributed by atoms with Crippen LogP contribution >= 0.6 is 0 Å². The Bertz CT molecular complexity index is 903. The SMILES string of the molecule is C[C@H]1CCC=C2C[C@H]3OC(=O)C(CN4CCC(C(=O)c5ccccc5)CC4)[C@H]3[C@H](O)[C@@]21C. The molecule has 1 aromatic rings. The summed E-state index contributed by atoms with van der Waals surface area (Å²) in [5.74, 6) is 0.0862. The van der Waals surface area contributed by atoms with E-state index in [-0.39, 0.29) is 41.0 Å². The number of rotatable bonds is 4. The summed E-state index contributed by atoms with van der Waals surface area (Å²) >= 11 is 0. The van der Waals surface area contributed by atoms with Crippen LogP contribution in [0.1, 0.15) is 56.3 Å². The number of fused-ring (bicyclic) bond motifs is 2. The van der Waals surface area contributed by atoms with Gasteiger partial charge in [-0.05, 0) is 44.7 Å². The maximum absolute atomic E-state index is 12.9. The molecule has 1 saturated carbocycles. The van der Waals surface area contributed by atoms with Crippen molar-refractivity contribution in [1.29, 1.82) is 0 Å². The minimum Gasteiger partial charge on any atom is -0.461 e. The third-order valence-corrected chi connectivity index (χ3v) is 9.04. The lowest BCUT2D eigenvalue weighted by Crippen LogP contribution is -2.55. The minimum absolute atomic E-state index is 0.0480. The summed E-state index contributed by atoms with van der Waals surface area (Å²) in [5, 5.41) is 11.5. The fraction of sp³-hybridized carbons (Fsp3) is 0.630. The molecule has 1 N–H and O–H groups in total. The molecule has 172 valence electrons. The number of carbonyl (C=O) groups is 2. The highest BCUT2D eigenvalue weighted by molar-refractivity contribution is 5.97. The lowest BCUT2D eigenvalue weighted by Gasteiger charge is -2.52. The Morgan fingerprint density at radius 2 is 1.91 bits per heavy atom. The van der Waals surface area contributed by atoms with Crippen LogP contribution < -0.4 is 0 Å². The summed E-state index contributed by atoms with van der Waals surface area (Å²) in [6, 6.07) is 9.54. The van der Waals surface area contributed by atoms with Crippen molar-refractivity contribution in [3.8, 4) is 0 Å². The van der Waals surface area contributed by atoms with Gasteiger partial charge in [-0.1, -0.05) is 55.8 Å². The van der Waals surface area contributed by atoms with E-state index in [2.05, 4.69) is 24.8 Å². The molecular formula is C27H35NO4. The standard InChI is InChI=1S/C27H35NO4/c1-17-7-6-10-20-15-22-23(25(30)27(17,20)2)21(26(31)32-22)16-28-13-11-19(12-14-28)24(29)18-8-4-3-5-9-18/h3-5,8-10,17,19,21-23,25,30H,6-7,11-16H2,1-2H3/t17-,21?,22+,23+,25-,27+/m0/s1. The zero-order valence-electron chi connectivity index (χ0n) is 19.2. The molecule has 0 aromatic heterocycles. The van der Waals surface area contributed by atoms with Gasteiger partial charge in [-0.15, -0.1) is 0 Å². The van der Waals surface area contributed by atoms with E-state index >= 15 is 0 Å². The smallest absolute Gasteiger partial charge is 0.311 e. The molecule has 1 unspecified atom stereocenters. The molecular weight excluding hydrogens is 402 g/mol. The number of nitrogens with zero attached hydrogens (tertiary/aromatic N) is 1. The highest BCUT2D eigenvalue weighted by atomic mass is 16.6. The maximum atomic E-state index is 12.9. The van der Waals surface area contributed by atoms with Gasteiger partial charge < -0.3 is 14.7 Å². The first-order chi connectivity index (χ1) is 15.4. The van der Waals surface area contributed by atoms with Gasteiger partial charge in [0.25, 0.3) is 0 Å². The summed E-state index contributed by atoms with van der Waals surface area (Å²) in [4.78, 5) is 28.0. The van der Waals surface area contributed by atoms with E-state index in [1.165, 1.54) is 5.57 Å². The fourth-order valence-electron chi connectivity index (χ4n) is 6.77. The van der Waals surface area contributed by atoms with E-state index in [9.17, 15) is 14.7 Å². The number of carbonyl (C=O) groups excluding carboxylic acids is 2. The van der Waals surface area contributed by atoms with Crippen molar-refractivity contribution in [2.75, 3.05) is 19.6 Å². The lowest BCUT2D eigenvalue weighted by molar-refractivity contribution is -0.145. The average Bonchev–Trinajstić information content (AvgIpc) is 3.11. The summed E-state index contributed by atoms with van der Waals surface area (Å²) in [5.41, 5.74) is 1.80. The summed E-state index contributed by atoms with van der Waals surface area (Å²) < 4.78 is 5.82. The number of ketones is 1. The van der Waals surface area contributed by atoms with E-state index < -0.39 is 6.10 Å². The second-order valence-electron chi connectivity index (χ2n) is 10.6. The molecule has 5 heteroatoms. The van der Waals surface area contributed by atoms with E-state index in [0.29, 0.717) is 12.5 Å². The lowest BCUT2D eigenvalue weighted by atomic mass is 9.55. The number of aliphatic hydroxyl groups is 1. The van der Waals surface area contributed by atoms with Gasteiger partial charge in [0.05, 0.1) is 12.0 Å². The van der Waals surface area contributed by atoms with Crippen molar-refractivity contribution >= 4 is 11.8 Å². The van der Waals surface area contributed by atoms with E-state index in [1.54, 1.807) is 0 Å². The van der Waals surface area contributed by atoms with Crippen molar-refractivity contribution in [3.05, 3.63) is 47.5 Å². The Labute approximate surface area is 190 Å². The number of piperidine rings is 1. The molecule has 0 spiro atoms. The average molecular weight is 438 g/mol. The van der Waals surface area contributed by atoms with Crippen LogP contribution in [0.25, 0.3) is 0 Å². The van der Waals surface area contributed by atoms with Crippen molar-refractivity contribution in [2.24, 2.45) is 29.1 Å². The van der Waals surface area contributed by atoms with Gasteiger partial charge in [0.15, 0.2) is 5.78 Å². The number of hydrogen-bond acceptors (Lipinski definition) is 5. The van der Waals surface area contributed by atoms with Gasteiger partial charge in [0.1, 0.15) is 6.10 Å². The number of Topliss-reactive ketones (excluding diaryl/α,β-unsaturated/α-hetero) is 1. The van der Waals surface area contributed by atoms with Crippen molar-refractivity contribution in [3.63, 3.8) is 0 Å². The first kappa shape index (κ1) is 21.8. The quantitative estimate of drug-likeness (QED) is 0.440. The van der Waals surface area contributed by atoms with Gasteiger partial charge in [0, 0.05) is 35.8 Å². The first-order valence-electron chi connectivity index (χ1n) is 12.3. The molecule has 0 radical (unpaired) electrons. The molecule has 2 aliphatic heterocycles. The molecule has 2 heterocycles. The molecule has 5 rings (SSSR count). The van der Waals surface area contributed by atoms with Crippen LogP contribution in [0, 0.1) is 29.1 Å². The number of benzene rings is 1. The second-order valence-corrected chi connectivity index (χ2v) is 10.6. The van der Waals surface area contributed by atoms with E-state index in [0.717, 1.165) is 50.8 Å². The predicted octanol–water partition coefficient (Wildman–Crippen LogP) is 3.87. The normalized spacial score (nSPS) is 37.9. The van der Waals surface area contributed by atoms with Crippen LogP contribution in [-0.2, 0) is 9.53 Å². The largest absolute Gasteiger partial charge is 0.461 e. The number of aliphatic hydroxyl groups excluding tert-OH is 1. The second kappa shape index (κ2) is 8.42. The van der Waals surface area contributed by atoms with Gasteiger partial charge in [-0.3, -0.25) is 9.59 Å². The van der Waals surface area contributed by atoms with Gasteiger partial charge in [-0.2, -0.15) is 0 Å². The van der Waals surface area contributed by atoms with Crippen molar-refractivity contribution < 1.29 is 19.4 Å². The Morgan fingerprint density at radius 3 is 2.62 bits per heavy atom. The fourth-order valence-corrected chi connectivity index (χ4v) is 6.77. The number of allylic oxidation sites excluding steroid dienone is 1. The van der Waals surface area contributed by atoms with Crippen LogP contribution in [0.2, 0.25) is 0 Å². The third kappa shape index (κ3) is 3.54. The molecule has 2 saturated heterocycles. The number of ether oxygens (including phenoxy) is 1. The van der Waals surface area contributed by atoms with Crippen LogP contribution in [0.4, 0.5) is 0 Å². The zero-order chi connectivity index (χ0) is 22.5. The Balaban J connectivity index is 1.25. The van der Waals surface area contributed by atoms with Gasteiger partial charge in [-0.25, -0.2) is 0 Å². The molecule has 0 amide bonds. The molecule has 4 aliphatic rings. The number of esters is 1. The number of likely N-dealkylation sites (tertiary alicyclic amines) is 1. The predicted molar refractivity (Wildman–Crippen MR) is 122 cm³/mol. The maximum Gasteiger partial charge on any atom is 0.311 e. The third-order valence-electron chi connectivity index (χ3n) is 9.04. The van der Waals surface area contributed by atoms with Gasteiger partial charge >= 0.3 is 5.97 Å². The zero-order valence-corrected chi connectivity index (χ0v) is 19.2. The van der Waals surface area contributed by atoms with Crippen LogP contribution in [-0.4, -0.2) is 53.6 Å². The van der Waals surface area contributed by atoms with Crippen molar-refractivity contribution in [1.82, 2.24) is 4.90 Å². The molecule has 32 heavy (non-hydrogen) atoms. The molecule has 2 aliphatic carbocycles. The monoisotopic (exact) mass is 437 g/mol. The minimum atomic E-state index is -0.559. The molecule has 3 fully saturated rings. The summed E-state index contributed by atoms with van der Waals surface area (Å²) in [6.45, 7) is 6.65.